The van der Waals surface area contributed by atoms with E-state index in [1.807, 2.05) is 24.3 Å². The number of nitrogens with one attached hydrogen (secondary N) is 2. The molecule has 0 saturated carbocycles. The maximum atomic E-state index is 12.2. The van der Waals surface area contributed by atoms with Crippen molar-refractivity contribution in [2.24, 2.45) is 0 Å². The maximum absolute atomic E-state index is 12.2. The van der Waals surface area contributed by atoms with Crippen LogP contribution in [-0.2, 0) is 19.3 Å². The third kappa shape index (κ3) is 3.20. The van der Waals surface area contributed by atoms with Crippen LogP contribution >= 0.6 is 0 Å². The van der Waals surface area contributed by atoms with E-state index in [4.69, 9.17) is 4.42 Å². The van der Waals surface area contributed by atoms with Crippen LogP contribution < -0.4 is 10.9 Å². The Kier molecular flexibility index (Phi) is 4.09. The first kappa shape index (κ1) is 15.6. The van der Waals surface area contributed by atoms with E-state index < -0.39 is 0 Å². The Morgan fingerprint density at radius 3 is 3.04 bits per heavy atom. The molecular formula is C19H19N3O3. The zero-order chi connectivity index (χ0) is 17.2. The first-order valence-corrected chi connectivity index (χ1v) is 8.58. The monoisotopic (exact) mass is 337 g/mol. The van der Waals surface area contributed by atoms with Gasteiger partial charge in [-0.1, -0.05) is 12.1 Å². The number of rotatable bonds is 5. The molecule has 1 amide bonds. The number of pyridine rings is 1. The lowest BCUT2D eigenvalue weighted by Gasteiger charge is -2.06. The smallest absolute Gasteiger partial charge is 0.261 e. The highest BCUT2D eigenvalue weighted by atomic mass is 16.3. The van der Waals surface area contributed by atoms with Gasteiger partial charge in [0.05, 0.1) is 0 Å². The summed E-state index contributed by atoms with van der Waals surface area (Å²) in [6.07, 6.45) is 4.17. The summed E-state index contributed by atoms with van der Waals surface area (Å²) in [6, 6.07) is 9.35. The number of amides is 1. The van der Waals surface area contributed by atoms with Gasteiger partial charge in [-0.2, -0.15) is 0 Å². The van der Waals surface area contributed by atoms with Crippen LogP contribution in [0.25, 0.3) is 11.1 Å². The zero-order valence-electron chi connectivity index (χ0n) is 13.8. The second-order valence-electron chi connectivity index (χ2n) is 6.30. The van der Waals surface area contributed by atoms with Gasteiger partial charge in [-0.15, -0.1) is 0 Å². The Labute approximate surface area is 144 Å². The molecule has 2 heterocycles. The molecule has 0 unspecified atom stereocenters. The summed E-state index contributed by atoms with van der Waals surface area (Å²) >= 11 is 0. The van der Waals surface area contributed by atoms with Gasteiger partial charge < -0.3 is 14.7 Å². The number of hydrogen-bond acceptors (Lipinski definition) is 4. The number of aromatic nitrogens is 2. The van der Waals surface area contributed by atoms with Gasteiger partial charge >= 0.3 is 0 Å². The Morgan fingerprint density at radius 1 is 1.28 bits per heavy atom. The van der Waals surface area contributed by atoms with E-state index in [1.54, 1.807) is 6.07 Å². The molecule has 0 saturated heterocycles. The van der Waals surface area contributed by atoms with E-state index in [1.165, 1.54) is 0 Å². The van der Waals surface area contributed by atoms with E-state index >= 15 is 0 Å². The Morgan fingerprint density at radius 2 is 2.16 bits per heavy atom. The van der Waals surface area contributed by atoms with Crippen LogP contribution in [0.3, 0.4) is 0 Å². The third-order valence-electron chi connectivity index (χ3n) is 4.52. The van der Waals surface area contributed by atoms with Crippen molar-refractivity contribution in [3.8, 4) is 0 Å². The fraction of sp³-hybridized carbons (Fsp3) is 0.316. The quantitative estimate of drug-likeness (QED) is 0.700. The molecule has 0 atom stereocenters. The van der Waals surface area contributed by atoms with Crippen LogP contribution in [-0.4, -0.2) is 22.4 Å². The van der Waals surface area contributed by atoms with Crippen molar-refractivity contribution in [2.75, 3.05) is 6.54 Å². The molecule has 0 spiro atoms. The minimum Gasteiger partial charge on any atom is -0.441 e. The summed E-state index contributed by atoms with van der Waals surface area (Å²) in [5.74, 6) is 0.333. The molecule has 0 fully saturated rings. The molecule has 1 aliphatic carbocycles. The van der Waals surface area contributed by atoms with Crippen molar-refractivity contribution in [3.63, 3.8) is 0 Å². The Hall–Kier alpha value is -2.89. The van der Waals surface area contributed by atoms with Crippen LogP contribution in [0.1, 0.15) is 40.3 Å². The predicted octanol–water partition coefficient (Wildman–Crippen LogP) is 2.37. The minimum atomic E-state index is -0.325. The summed E-state index contributed by atoms with van der Waals surface area (Å²) in [5.41, 5.74) is 3.55. The summed E-state index contributed by atoms with van der Waals surface area (Å²) in [5, 5.41) is 2.81. The fourth-order valence-corrected chi connectivity index (χ4v) is 3.25. The zero-order valence-corrected chi connectivity index (χ0v) is 13.8. The van der Waals surface area contributed by atoms with E-state index in [-0.39, 0.29) is 17.0 Å². The Balaban J connectivity index is 1.34. The predicted molar refractivity (Wildman–Crippen MR) is 93.8 cm³/mol. The summed E-state index contributed by atoms with van der Waals surface area (Å²) in [7, 11) is 0. The molecule has 1 aromatic carbocycles. The number of carbonyl (C=O) groups excluding carboxylic acids is 1. The number of carbonyl (C=O) groups is 1. The number of benzene rings is 1. The summed E-state index contributed by atoms with van der Waals surface area (Å²) < 4.78 is 5.65. The maximum Gasteiger partial charge on any atom is 0.261 e. The van der Waals surface area contributed by atoms with E-state index in [0.29, 0.717) is 25.3 Å². The number of aryl methyl sites for hydroxylation is 3. The molecule has 6 heteroatoms. The fourth-order valence-electron chi connectivity index (χ4n) is 3.25. The van der Waals surface area contributed by atoms with Crippen LogP contribution in [0.5, 0.6) is 0 Å². The van der Waals surface area contributed by atoms with Crippen molar-refractivity contribution in [1.82, 2.24) is 15.3 Å². The molecule has 2 aromatic heterocycles. The number of oxazole rings is 1. The molecule has 25 heavy (non-hydrogen) atoms. The molecule has 0 radical (unpaired) electrons. The summed E-state index contributed by atoms with van der Waals surface area (Å²) in [6.45, 7) is 0.466. The lowest BCUT2D eigenvalue weighted by Crippen LogP contribution is -2.31. The van der Waals surface area contributed by atoms with Gasteiger partial charge in [0.25, 0.3) is 11.5 Å². The van der Waals surface area contributed by atoms with Gasteiger partial charge in [-0.3, -0.25) is 9.59 Å². The van der Waals surface area contributed by atoms with Gasteiger partial charge in [0.2, 0.25) is 0 Å². The van der Waals surface area contributed by atoms with Gasteiger partial charge in [0, 0.05) is 18.7 Å². The minimum absolute atomic E-state index is 0.197. The second-order valence-corrected chi connectivity index (χ2v) is 6.30. The molecular weight excluding hydrogens is 318 g/mol. The number of nitrogens with zero attached hydrogens (tertiary/aromatic N) is 1. The van der Waals surface area contributed by atoms with Gasteiger partial charge in [0.1, 0.15) is 11.1 Å². The number of fused-ring (bicyclic) bond motifs is 2. The molecule has 1 aliphatic rings. The van der Waals surface area contributed by atoms with Crippen LogP contribution in [0.15, 0.2) is 39.5 Å². The highest BCUT2D eigenvalue weighted by molar-refractivity contribution is 5.94. The van der Waals surface area contributed by atoms with Crippen LogP contribution in [0.2, 0.25) is 0 Å². The molecule has 6 nitrogen and oxygen atoms in total. The van der Waals surface area contributed by atoms with E-state index in [9.17, 15) is 9.59 Å². The van der Waals surface area contributed by atoms with Gasteiger partial charge in [0.15, 0.2) is 11.5 Å². The first-order chi connectivity index (χ1) is 12.2. The van der Waals surface area contributed by atoms with E-state index in [0.717, 1.165) is 41.6 Å². The highest BCUT2D eigenvalue weighted by Gasteiger charge is 2.17. The largest absolute Gasteiger partial charge is 0.441 e. The highest BCUT2D eigenvalue weighted by Crippen LogP contribution is 2.19. The SMILES string of the molecule is O=C(NCCCc1nc2ccccc2o1)c1cc2c([nH]c1=O)CCC2. The van der Waals surface area contributed by atoms with Crippen molar-refractivity contribution in [2.45, 2.75) is 32.1 Å². The lowest BCUT2D eigenvalue weighted by atomic mass is 10.1. The van der Waals surface area contributed by atoms with Crippen molar-refractivity contribution >= 4 is 17.0 Å². The van der Waals surface area contributed by atoms with Crippen LogP contribution in [0, 0.1) is 0 Å². The molecule has 4 rings (SSSR count). The van der Waals surface area contributed by atoms with Crippen molar-refractivity contribution in [3.05, 3.63) is 63.4 Å². The lowest BCUT2D eigenvalue weighted by molar-refractivity contribution is 0.0951. The number of aromatic amines is 1. The topological polar surface area (TPSA) is 88.0 Å². The number of para-hydroxylation sites is 2. The molecule has 3 aromatic rings. The standard InChI is InChI=1S/C19H19N3O3/c23-18(13-11-12-5-3-7-14(12)22-19(13)24)20-10-4-9-17-21-15-6-1-2-8-16(15)25-17/h1-2,6,8,11H,3-5,7,9-10H2,(H,20,23)(H,22,24). The average molecular weight is 337 g/mol. The Bertz CT molecular complexity index is 954. The molecule has 2 N–H and O–H groups in total. The normalized spacial score (nSPS) is 13.1. The summed E-state index contributed by atoms with van der Waals surface area (Å²) in [4.78, 5) is 31.5. The molecule has 0 bridgehead atoms. The number of hydrogen-bond donors (Lipinski definition) is 2. The van der Waals surface area contributed by atoms with Gasteiger partial charge in [-0.05, 0) is 49.4 Å². The third-order valence-corrected chi connectivity index (χ3v) is 4.52. The second kappa shape index (κ2) is 6.55. The molecule has 0 aliphatic heterocycles. The molecule has 128 valence electrons. The van der Waals surface area contributed by atoms with Crippen molar-refractivity contribution in [1.29, 1.82) is 0 Å². The first-order valence-electron chi connectivity index (χ1n) is 8.58. The van der Waals surface area contributed by atoms with Gasteiger partial charge in [-0.25, -0.2) is 4.98 Å². The van der Waals surface area contributed by atoms with Crippen molar-refractivity contribution < 1.29 is 9.21 Å². The van der Waals surface area contributed by atoms with Crippen LogP contribution in [0.4, 0.5) is 0 Å². The number of H-pyrrole nitrogens is 1. The average Bonchev–Trinajstić information content (AvgIpc) is 3.23. The van der Waals surface area contributed by atoms with E-state index in [2.05, 4.69) is 15.3 Å².